The van der Waals surface area contributed by atoms with Crippen LogP contribution in [0, 0.1) is 0 Å². The quantitative estimate of drug-likeness (QED) is 0.892. The molecule has 0 unspecified atom stereocenters. The Kier molecular flexibility index (Phi) is 5.22. The van der Waals surface area contributed by atoms with Crippen molar-refractivity contribution in [3.05, 3.63) is 21.9 Å². The third-order valence-corrected chi connectivity index (χ3v) is 6.22. The van der Waals surface area contributed by atoms with Gasteiger partial charge in [-0.25, -0.2) is 0 Å². The standard InChI is InChI=1S/C17H25N3O3S/c1-19-9-10-20(12-17(19)6-5-15(21)18-8-7-17)16(22)14-4-3-13(24-14)11-23-2/h3-4H,5-12H2,1-2H3,(H,18,21)/t17-/m1/s1. The van der Waals surface area contributed by atoms with Crippen molar-refractivity contribution < 1.29 is 14.3 Å². The fourth-order valence-corrected chi connectivity index (χ4v) is 4.59. The van der Waals surface area contributed by atoms with E-state index in [1.807, 2.05) is 17.0 Å². The molecule has 3 rings (SSSR count). The van der Waals surface area contributed by atoms with E-state index in [4.69, 9.17) is 4.74 Å². The Bertz CT molecular complexity index is 618. The summed E-state index contributed by atoms with van der Waals surface area (Å²) in [5.74, 6) is 0.213. The molecule has 0 aliphatic carbocycles. The van der Waals surface area contributed by atoms with Crippen molar-refractivity contribution in [3.8, 4) is 0 Å². The second-order valence-corrected chi connectivity index (χ2v) is 7.84. The van der Waals surface area contributed by atoms with E-state index in [0.29, 0.717) is 26.1 Å². The van der Waals surface area contributed by atoms with Gasteiger partial charge in [-0.1, -0.05) is 0 Å². The van der Waals surface area contributed by atoms with Gasteiger partial charge in [0.15, 0.2) is 0 Å². The minimum absolute atomic E-state index is 0.0957. The number of likely N-dealkylation sites (N-methyl/N-ethyl adjacent to an activating group) is 1. The summed E-state index contributed by atoms with van der Waals surface area (Å²) in [4.78, 5) is 30.7. The predicted octanol–water partition coefficient (Wildman–Crippen LogP) is 1.32. The van der Waals surface area contributed by atoms with E-state index in [9.17, 15) is 9.59 Å². The van der Waals surface area contributed by atoms with E-state index in [1.165, 1.54) is 11.3 Å². The van der Waals surface area contributed by atoms with Crippen LogP contribution >= 0.6 is 11.3 Å². The van der Waals surface area contributed by atoms with E-state index in [2.05, 4.69) is 17.3 Å². The van der Waals surface area contributed by atoms with Gasteiger partial charge < -0.3 is 15.0 Å². The number of thiophene rings is 1. The molecule has 0 bridgehead atoms. The molecule has 2 aliphatic rings. The zero-order chi connectivity index (χ0) is 17.2. The molecule has 1 aromatic heterocycles. The SMILES string of the molecule is COCc1ccc(C(=O)N2CCN(C)[C@]3(CCNC(=O)CC3)C2)s1. The van der Waals surface area contributed by atoms with E-state index in [-0.39, 0.29) is 17.4 Å². The number of hydrogen-bond donors (Lipinski definition) is 1. The van der Waals surface area contributed by atoms with Gasteiger partial charge >= 0.3 is 0 Å². The van der Waals surface area contributed by atoms with Gasteiger partial charge in [0.05, 0.1) is 11.5 Å². The Hall–Kier alpha value is -1.44. The average molecular weight is 351 g/mol. The van der Waals surface area contributed by atoms with E-state index in [0.717, 1.165) is 35.7 Å². The molecule has 0 saturated carbocycles. The predicted molar refractivity (Wildman–Crippen MR) is 93.2 cm³/mol. The molecule has 0 radical (unpaired) electrons. The van der Waals surface area contributed by atoms with E-state index in [1.54, 1.807) is 7.11 Å². The van der Waals surface area contributed by atoms with Crippen LogP contribution in [-0.2, 0) is 16.1 Å². The smallest absolute Gasteiger partial charge is 0.264 e. The lowest BCUT2D eigenvalue weighted by molar-refractivity contribution is -0.121. The molecular weight excluding hydrogens is 326 g/mol. The number of methoxy groups -OCH3 is 1. The topological polar surface area (TPSA) is 61.9 Å². The molecule has 0 aromatic carbocycles. The Labute approximate surface area is 146 Å². The van der Waals surface area contributed by atoms with Crippen LogP contribution in [0.25, 0.3) is 0 Å². The Morgan fingerprint density at radius 1 is 1.38 bits per heavy atom. The zero-order valence-electron chi connectivity index (χ0n) is 14.3. The van der Waals surface area contributed by atoms with Crippen molar-refractivity contribution >= 4 is 23.2 Å². The zero-order valence-corrected chi connectivity index (χ0v) is 15.2. The minimum Gasteiger partial charge on any atom is -0.379 e. The second-order valence-electron chi connectivity index (χ2n) is 6.67. The summed E-state index contributed by atoms with van der Waals surface area (Å²) in [5, 5.41) is 2.95. The maximum Gasteiger partial charge on any atom is 0.264 e. The Morgan fingerprint density at radius 3 is 3.00 bits per heavy atom. The number of nitrogens with one attached hydrogen (secondary N) is 1. The van der Waals surface area contributed by atoms with Crippen molar-refractivity contribution in [1.82, 2.24) is 15.1 Å². The lowest BCUT2D eigenvalue weighted by atomic mass is 9.86. The summed E-state index contributed by atoms with van der Waals surface area (Å²) >= 11 is 1.50. The van der Waals surface area contributed by atoms with Gasteiger partial charge in [0.2, 0.25) is 5.91 Å². The molecule has 1 aromatic rings. The molecule has 2 fully saturated rings. The van der Waals surface area contributed by atoms with Crippen LogP contribution in [0.3, 0.4) is 0 Å². The fraction of sp³-hybridized carbons (Fsp3) is 0.647. The summed E-state index contributed by atoms with van der Waals surface area (Å²) in [7, 11) is 3.77. The normalized spacial score (nSPS) is 25.6. The van der Waals surface area contributed by atoms with Gasteiger partial charge in [-0.15, -0.1) is 11.3 Å². The lowest BCUT2D eigenvalue weighted by Gasteiger charge is -2.49. The van der Waals surface area contributed by atoms with Crippen LogP contribution in [0.2, 0.25) is 0 Å². The number of nitrogens with zero attached hydrogens (tertiary/aromatic N) is 2. The molecule has 1 spiro atoms. The molecule has 132 valence electrons. The van der Waals surface area contributed by atoms with Crippen molar-refractivity contribution in [2.75, 3.05) is 40.3 Å². The molecule has 1 N–H and O–H groups in total. The third-order valence-electron chi connectivity index (χ3n) is 5.18. The molecule has 3 heterocycles. The lowest BCUT2D eigenvalue weighted by Crippen LogP contribution is -2.62. The highest BCUT2D eigenvalue weighted by Crippen LogP contribution is 2.31. The Balaban J connectivity index is 1.74. The summed E-state index contributed by atoms with van der Waals surface area (Å²) in [6, 6.07) is 3.85. The third kappa shape index (κ3) is 3.48. The van der Waals surface area contributed by atoms with E-state index >= 15 is 0 Å². The molecule has 24 heavy (non-hydrogen) atoms. The highest BCUT2D eigenvalue weighted by atomic mass is 32.1. The molecule has 6 nitrogen and oxygen atoms in total. The fourth-order valence-electron chi connectivity index (χ4n) is 3.64. The van der Waals surface area contributed by atoms with Gasteiger partial charge in [0, 0.05) is 50.1 Å². The van der Waals surface area contributed by atoms with Crippen LogP contribution in [-0.4, -0.2) is 67.5 Å². The molecule has 7 heteroatoms. The van der Waals surface area contributed by atoms with Crippen LogP contribution in [0.4, 0.5) is 0 Å². The van der Waals surface area contributed by atoms with Crippen LogP contribution in [0.15, 0.2) is 12.1 Å². The second kappa shape index (κ2) is 7.21. The highest BCUT2D eigenvalue weighted by molar-refractivity contribution is 7.14. The summed E-state index contributed by atoms with van der Waals surface area (Å²) in [5.41, 5.74) is -0.0975. The summed E-state index contributed by atoms with van der Waals surface area (Å²) < 4.78 is 5.13. The van der Waals surface area contributed by atoms with Crippen molar-refractivity contribution in [2.45, 2.75) is 31.4 Å². The van der Waals surface area contributed by atoms with E-state index < -0.39 is 0 Å². The Morgan fingerprint density at radius 2 is 2.21 bits per heavy atom. The maximum atomic E-state index is 12.9. The molecule has 2 amide bonds. The number of ether oxygens (including phenoxy) is 1. The van der Waals surface area contributed by atoms with Crippen molar-refractivity contribution in [2.24, 2.45) is 0 Å². The molecule has 2 aliphatic heterocycles. The number of carbonyl (C=O) groups is 2. The first kappa shape index (κ1) is 17.4. The number of amides is 2. The minimum atomic E-state index is -0.0975. The van der Waals surface area contributed by atoms with Gasteiger partial charge in [-0.3, -0.25) is 14.5 Å². The summed E-state index contributed by atoms with van der Waals surface area (Å²) in [6.07, 6.45) is 2.22. The largest absolute Gasteiger partial charge is 0.379 e. The monoisotopic (exact) mass is 351 g/mol. The van der Waals surface area contributed by atoms with Crippen molar-refractivity contribution in [3.63, 3.8) is 0 Å². The van der Waals surface area contributed by atoms with Gasteiger partial charge in [0.25, 0.3) is 5.91 Å². The van der Waals surface area contributed by atoms with Crippen LogP contribution in [0.5, 0.6) is 0 Å². The number of carbonyl (C=O) groups excluding carboxylic acids is 2. The molecule has 1 atom stereocenters. The first-order valence-electron chi connectivity index (χ1n) is 8.39. The van der Waals surface area contributed by atoms with Crippen LogP contribution < -0.4 is 5.32 Å². The molecule has 2 saturated heterocycles. The first-order valence-corrected chi connectivity index (χ1v) is 9.21. The average Bonchev–Trinajstić information content (AvgIpc) is 2.95. The highest BCUT2D eigenvalue weighted by Gasteiger charge is 2.42. The number of piperazine rings is 1. The summed E-state index contributed by atoms with van der Waals surface area (Å²) in [6.45, 7) is 3.49. The van der Waals surface area contributed by atoms with Gasteiger partial charge in [-0.05, 0) is 32.0 Å². The van der Waals surface area contributed by atoms with Gasteiger partial charge in [0.1, 0.15) is 0 Å². The van der Waals surface area contributed by atoms with Crippen LogP contribution in [0.1, 0.15) is 33.8 Å². The van der Waals surface area contributed by atoms with Crippen molar-refractivity contribution in [1.29, 1.82) is 0 Å². The number of rotatable bonds is 3. The number of hydrogen-bond acceptors (Lipinski definition) is 5. The maximum absolute atomic E-state index is 12.9. The first-order chi connectivity index (χ1) is 11.5. The molecular formula is C17H25N3O3S. The van der Waals surface area contributed by atoms with Gasteiger partial charge in [-0.2, -0.15) is 0 Å².